The SMILES string of the molecule is O=C(NC1CCCC1CO)c1ccc2cn[nH]c2c1. The number of nitrogens with zero attached hydrogens (tertiary/aromatic N) is 1. The van der Waals surface area contributed by atoms with Crippen molar-refractivity contribution in [3.8, 4) is 0 Å². The zero-order chi connectivity index (χ0) is 13.2. The molecule has 100 valence electrons. The third kappa shape index (κ3) is 2.33. The molecule has 1 saturated carbocycles. The highest BCUT2D eigenvalue weighted by atomic mass is 16.3. The average Bonchev–Trinajstić information content (AvgIpc) is 3.05. The van der Waals surface area contributed by atoms with Gasteiger partial charge in [0, 0.05) is 29.5 Å². The summed E-state index contributed by atoms with van der Waals surface area (Å²) in [5.74, 6) is 0.113. The van der Waals surface area contributed by atoms with Crippen molar-refractivity contribution in [3.63, 3.8) is 0 Å². The maximum Gasteiger partial charge on any atom is 0.251 e. The summed E-state index contributed by atoms with van der Waals surface area (Å²) in [6.45, 7) is 0.143. The molecule has 0 spiro atoms. The van der Waals surface area contributed by atoms with Crippen LogP contribution in [0.15, 0.2) is 24.4 Å². The van der Waals surface area contributed by atoms with Gasteiger partial charge in [0.05, 0.1) is 11.7 Å². The molecule has 0 saturated heterocycles. The first-order valence-electron chi connectivity index (χ1n) is 6.63. The van der Waals surface area contributed by atoms with Crippen molar-refractivity contribution in [2.45, 2.75) is 25.3 Å². The predicted molar refractivity (Wildman–Crippen MR) is 71.8 cm³/mol. The van der Waals surface area contributed by atoms with Crippen molar-refractivity contribution in [1.29, 1.82) is 0 Å². The van der Waals surface area contributed by atoms with Crippen molar-refractivity contribution in [2.75, 3.05) is 6.61 Å². The number of fused-ring (bicyclic) bond motifs is 1. The summed E-state index contributed by atoms with van der Waals surface area (Å²) in [7, 11) is 0. The molecule has 0 radical (unpaired) electrons. The summed E-state index contributed by atoms with van der Waals surface area (Å²) >= 11 is 0. The van der Waals surface area contributed by atoms with E-state index in [0.717, 1.165) is 30.2 Å². The Kier molecular flexibility index (Phi) is 3.21. The zero-order valence-electron chi connectivity index (χ0n) is 10.6. The number of aliphatic hydroxyl groups is 1. The molecule has 5 heteroatoms. The second-order valence-electron chi connectivity index (χ2n) is 5.13. The number of H-pyrrole nitrogens is 1. The number of rotatable bonds is 3. The van der Waals surface area contributed by atoms with E-state index in [1.165, 1.54) is 0 Å². The van der Waals surface area contributed by atoms with Gasteiger partial charge in [-0.3, -0.25) is 9.89 Å². The molecule has 5 nitrogen and oxygen atoms in total. The third-order valence-corrected chi connectivity index (χ3v) is 3.91. The lowest BCUT2D eigenvalue weighted by atomic mass is 10.0. The largest absolute Gasteiger partial charge is 0.396 e. The monoisotopic (exact) mass is 259 g/mol. The Morgan fingerprint density at radius 2 is 2.37 bits per heavy atom. The molecule has 0 bridgehead atoms. The van der Waals surface area contributed by atoms with Crippen LogP contribution in [0, 0.1) is 5.92 Å². The normalized spacial score (nSPS) is 22.8. The van der Waals surface area contributed by atoms with Crippen LogP contribution in [-0.2, 0) is 0 Å². The molecule has 0 aliphatic heterocycles. The van der Waals surface area contributed by atoms with Gasteiger partial charge in [0.1, 0.15) is 0 Å². The Hall–Kier alpha value is -1.88. The predicted octanol–water partition coefficient (Wildman–Crippen LogP) is 1.45. The molecule has 1 amide bonds. The highest BCUT2D eigenvalue weighted by Crippen LogP contribution is 2.25. The van der Waals surface area contributed by atoms with Crippen LogP contribution in [0.4, 0.5) is 0 Å². The molecular formula is C14H17N3O2. The molecular weight excluding hydrogens is 242 g/mol. The van der Waals surface area contributed by atoms with E-state index in [-0.39, 0.29) is 24.5 Å². The van der Waals surface area contributed by atoms with Crippen molar-refractivity contribution < 1.29 is 9.90 Å². The number of amides is 1. The minimum atomic E-state index is -0.0816. The summed E-state index contributed by atoms with van der Waals surface area (Å²) in [6, 6.07) is 5.58. The number of aromatic nitrogens is 2. The Morgan fingerprint density at radius 3 is 3.21 bits per heavy atom. The van der Waals surface area contributed by atoms with Crippen molar-refractivity contribution in [3.05, 3.63) is 30.0 Å². The van der Waals surface area contributed by atoms with Gasteiger partial charge in [0.2, 0.25) is 0 Å². The number of benzene rings is 1. The lowest BCUT2D eigenvalue weighted by Crippen LogP contribution is -2.38. The van der Waals surface area contributed by atoms with Gasteiger partial charge in [-0.25, -0.2) is 0 Å². The number of aromatic amines is 1. The first kappa shape index (κ1) is 12.2. The lowest BCUT2D eigenvalue weighted by Gasteiger charge is -2.19. The van der Waals surface area contributed by atoms with Crippen LogP contribution in [0.2, 0.25) is 0 Å². The fourth-order valence-corrected chi connectivity index (χ4v) is 2.78. The number of nitrogens with one attached hydrogen (secondary N) is 2. The molecule has 1 aliphatic rings. The number of carbonyl (C=O) groups is 1. The van der Waals surface area contributed by atoms with Gasteiger partial charge < -0.3 is 10.4 Å². The molecule has 3 rings (SSSR count). The van der Waals surface area contributed by atoms with Gasteiger partial charge >= 0.3 is 0 Å². The van der Waals surface area contributed by atoms with Gasteiger partial charge in [-0.2, -0.15) is 5.10 Å². The molecule has 3 N–H and O–H groups in total. The van der Waals surface area contributed by atoms with Crippen molar-refractivity contribution in [1.82, 2.24) is 15.5 Å². The van der Waals surface area contributed by atoms with E-state index in [9.17, 15) is 9.90 Å². The van der Waals surface area contributed by atoms with Crippen LogP contribution in [0.1, 0.15) is 29.6 Å². The highest BCUT2D eigenvalue weighted by Gasteiger charge is 2.28. The van der Waals surface area contributed by atoms with Gasteiger partial charge in [0.15, 0.2) is 0 Å². The minimum Gasteiger partial charge on any atom is -0.396 e. The molecule has 1 aromatic heterocycles. The van der Waals surface area contributed by atoms with Crippen LogP contribution >= 0.6 is 0 Å². The Bertz CT molecular complexity index is 593. The van der Waals surface area contributed by atoms with Gasteiger partial charge in [0.25, 0.3) is 5.91 Å². The summed E-state index contributed by atoms with van der Waals surface area (Å²) in [4.78, 5) is 12.2. The standard InChI is InChI=1S/C14H17N3O2/c18-8-11-2-1-3-12(11)16-14(19)9-4-5-10-7-15-17-13(10)6-9/h4-7,11-12,18H,1-3,8H2,(H,15,17)(H,16,19). The number of carbonyl (C=O) groups excluding carboxylic acids is 1. The first-order chi connectivity index (χ1) is 9.28. The van der Waals surface area contributed by atoms with Crippen LogP contribution in [0.3, 0.4) is 0 Å². The van der Waals surface area contributed by atoms with E-state index in [2.05, 4.69) is 15.5 Å². The van der Waals surface area contributed by atoms with E-state index >= 15 is 0 Å². The maximum absolute atomic E-state index is 12.2. The second-order valence-corrected chi connectivity index (χ2v) is 5.13. The van der Waals surface area contributed by atoms with Crippen molar-refractivity contribution >= 4 is 16.8 Å². The van der Waals surface area contributed by atoms with E-state index in [1.54, 1.807) is 18.3 Å². The molecule has 1 heterocycles. The molecule has 2 atom stereocenters. The fourth-order valence-electron chi connectivity index (χ4n) is 2.78. The zero-order valence-corrected chi connectivity index (χ0v) is 10.6. The second kappa shape index (κ2) is 5.01. The van der Waals surface area contributed by atoms with E-state index in [0.29, 0.717) is 5.56 Å². The molecule has 1 fully saturated rings. The van der Waals surface area contributed by atoms with Crippen LogP contribution in [0.5, 0.6) is 0 Å². The van der Waals surface area contributed by atoms with Crippen LogP contribution in [0.25, 0.3) is 10.9 Å². The molecule has 1 aromatic carbocycles. The summed E-state index contributed by atoms with van der Waals surface area (Å²) in [6.07, 6.45) is 4.73. The first-order valence-corrected chi connectivity index (χ1v) is 6.63. The Morgan fingerprint density at radius 1 is 1.47 bits per heavy atom. The van der Waals surface area contributed by atoms with Crippen molar-refractivity contribution in [2.24, 2.45) is 5.92 Å². The number of aliphatic hydroxyl groups excluding tert-OH is 1. The Labute approximate surface area is 111 Å². The Balaban J connectivity index is 1.76. The summed E-state index contributed by atoms with van der Waals surface area (Å²) < 4.78 is 0. The topological polar surface area (TPSA) is 78.0 Å². The van der Waals surface area contributed by atoms with Crippen LogP contribution in [-0.4, -0.2) is 33.9 Å². The van der Waals surface area contributed by atoms with E-state index in [1.807, 2.05) is 6.07 Å². The lowest BCUT2D eigenvalue weighted by molar-refractivity contribution is 0.0916. The highest BCUT2D eigenvalue weighted by molar-refractivity contribution is 5.97. The third-order valence-electron chi connectivity index (χ3n) is 3.91. The molecule has 2 unspecified atom stereocenters. The average molecular weight is 259 g/mol. The quantitative estimate of drug-likeness (QED) is 0.780. The van der Waals surface area contributed by atoms with Crippen LogP contribution < -0.4 is 5.32 Å². The van der Waals surface area contributed by atoms with Gasteiger partial charge in [-0.05, 0) is 25.0 Å². The fraction of sp³-hybridized carbons (Fsp3) is 0.429. The van der Waals surface area contributed by atoms with Gasteiger partial charge in [-0.1, -0.05) is 12.5 Å². The maximum atomic E-state index is 12.2. The minimum absolute atomic E-state index is 0.0816. The molecule has 19 heavy (non-hydrogen) atoms. The van der Waals surface area contributed by atoms with E-state index < -0.39 is 0 Å². The number of hydrogen-bond donors (Lipinski definition) is 3. The smallest absolute Gasteiger partial charge is 0.251 e. The number of hydrogen-bond acceptors (Lipinski definition) is 3. The van der Waals surface area contributed by atoms with E-state index in [4.69, 9.17) is 0 Å². The molecule has 1 aliphatic carbocycles. The molecule has 2 aromatic rings. The summed E-state index contributed by atoms with van der Waals surface area (Å²) in [5, 5.41) is 20.1. The summed E-state index contributed by atoms with van der Waals surface area (Å²) in [5.41, 5.74) is 1.48. The van der Waals surface area contributed by atoms with Gasteiger partial charge in [-0.15, -0.1) is 0 Å².